The summed E-state index contributed by atoms with van der Waals surface area (Å²) in [6, 6.07) is 10.9. The lowest BCUT2D eigenvalue weighted by molar-refractivity contribution is 0.560. The highest BCUT2D eigenvalue weighted by Crippen LogP contribution is 2.43. The highest BCUT2D eigenvalue weighted by molar-refractivity contribution is 5.72. The molecule has 1 aromatic rings. The summed E-state index contributed by atoms with van der Waals surface area (Å²) in [6.45, 7) is 9.39. The molecule has 1 unspecified atom stereocenters. The van der Waals surface area contributed by atoms with Gasteiger partial charge < -0.3 is 0 Å². The fraction of sp³-hybridized carbons (Fsp3) is 0.529. The van der Waals surface area contributed by atoms with Gasteiger partial charge in [0.25, 0.3) is 0 Å². The van der Waals surface area contributed by atoms with Crippen molar-refractivity contribution in [1.82, 2.24) is 0 Å². The Labute approximate surface area is 106 Å². The van der Waals surface area contributed by atoms with Gasteiger partial charge in [-0.15, -0.1) is 0 Å². The molecule has 0 bridgehead atoms. The number of benzene rings is 1. The van der Waals surface area contributed by atoms with Crippen LogP contribution < -0.4 is 0 Å². The lowest BCUT2D eigenvalue weighted by Crippen LogP contribution is -2.10. The Morgan fingerprint density at radius 1 is 1.12 bits per heavy atom. The number of hydrogen-bond acceptors (Lipinski definition) is 0. The molecule has 0 amide bonds. The van der Waals surface area contributed by atoms with E-state index in [1.165, 1.54) is 24.8 Å². The Morgan fingerprint density at radius 3 is 2.24 bits per heavy atom. The molecule has 1 fully saturated rings. The van der Waals surface area contributed by atoms with Gasteiger partial charge in [-0.1, -0.05) is 63.6 Å². The lowest BCUT2D eigenvalue weighted by Gasteiger charge is -2.26. The minimum absolute atomic E-state index is 0.251. The van der Waals surface area contributed by atoms with Gasteiger partial charge in [-0.2, -0.15) is 0 Å². The van der Waals surface area contributed by atoms with E-state index < -0.39 is 0 Å². The van der Waals surface area contributed by atoms with Crippen molar-refractivity contribution in [3.8, 4) is 0 Å². The van der Waals surface area contributed by atoms with Gasteiger partial charge in [0.15, 0.2) is 0 Å². The third-order valence-corrected chi connectivity index (χ3v) is 3.70. The van der Waals surface area contributed by atoms with Crippen LogP contribution in [0.4, 0.5) is 0 Å². The van der Waals surface area contributed by atoms with Gasteiger partial charge in [0.05, 0.1) is 0 Å². The highest BCUT2D eigenvalue weighted by atomic mass is 14.3. The topological polar surface area (TPSA) is 0 Å². The van der Waals surface area contributed by atoms with E-state index in [9.17, 15) is 0 Å². The molecule has 0 nitrogen and oxygen atoms in total. The molecule has 0 heterocycles. The van der Waals surface area contributed by atoms with E-state index in [0.29, 0.717) is 0 Å². The summed E-state index contributed by atoms with van der Waals surface area (Å²) in [7, 11) is 0. The van der Waals surface area contributed by atoms with E-state index in [-0.39, 0.29) is 5.41 Å². The molecule has 0 radical (unpaired) electrons. The molecule has 1 saturated carbocycles. The number of hydrogen-bond donors (Lipinski definition) is 0. The monoisotopic (exact) mass is 228 g/mol. The summed E-state index contributed by atoms with van der Waals surface area (Å²) in [6.07, 6.45) is 3.95. The zero-order valence-electron chi connectivity index (χ0n) is 11.6. The van der Waals surface area contributed by atoms with E-state index in [1.54, 1.807) is 11.1 Å². The van der Waals surface area contributed by atoms with Crippen molar-refractivity contribution in [1.29, 1.82) is 0 Å². The predicted octanol–water partition coefficient (Wildman–Crippen LogP) is 5.31. The van der Waals surface area contributed by atoms with Gasteiger partial charge in [0.2, 0.25) is 0 Å². The molecule has 0 N–H and O–H groups in total. The first kappa shape index (κ1) is 12.4. The third kappa shape index (κ3) is 2.80. The Hall–Kier alpha value is -1.04. The van der Waals surface area contributed by atoms with Gasteiger partial charge in [-0.05, 0) is 41.7 Å². The molecule has 0 heteroatoms. The van der Waals surface area contributed by atoms with Crippen LogP contribution in [-0.4, -0.2) is 0 Å². The quantitative estimate of drug-likeness (QED) is 0.611. The maximum atomic E-state index is 2.37. The Kier molecular flexibility index (Phi) is 3.42. The zero-order valence-corrected chi connectivity index (χ0v) is 11.6. The third-order valence-electron chi connectivity index (χ3n) is 3.70. The second-order valence-corrected chi connectivity index (χ2v) is 6.44. The van der Waals surface area contributed by atoms with Crippen molar-refractivity contribution in [2.45, 2.75) is 47.0 Å². The maximum Gasteiger partial charge on any atom is -0.0126 e. The van der Waals surface area contributed by atoms with Crippen LogP contribution in [0.25, 0.3) is 5.57 Å². The molecule has 2 rings (SSSR count). The Bertz CT molecular complexity index is 403. The average molecular weight is 228 g/mol. The zero-order chi connectivity index (χ0) is 12.5. The highest BCUT2D eigenvalue weighted by Gasteiger charge is 2.26. The Balaban J connectivity index is 2.47. The van der Waals surface area contributed by atoms with Gasteiger partial charge in [-0.25, -0.2) is 0 Å². The van der Waals surface area contributed by atoms with E-state index >= 15 is 0 Å². The lowest BCUT2D eigenvalue weighted by atomic mass is 9.78. The fourth-order valence-corrected chi connectivity index (χ4v) is 3.04. The molecule has 1 aromatic carbocycles. The first-order valence-electron chi connectivity index (χ1n) is 6.76. The van der Waals surface area contributed by atoms with E-state index in [4.69, 9.17) is 0 Å². The molecule has 1 atom stereocenters. The van der Waals surface area contributed by atoms with Crippen molar-refractivity contribution in [3.63, 3.8) is 0 Å². The van der Waals surface area contributed by atoms with Crippen LogP contribution in [0, 0.1) is 11.3 Å². The number of rotatable bonds is 1. The van der Waals surface area contributed by atoms with Crippen molar-refractivity contribution < 1.29 is 0 Å². The van der Waals surface area contributed by atoms with Crippen LogP contribution in [-0.2, 0) is 0 Å². The van der Waals surface area contributed by atoms with E-state index in [1.807, 2.05) is 0 Å². The minimum atomic E-state index is 0.251. The summed E-state index contributed by atoms with van der Waals surface area (Å²) < 4.78 is 0. The van der Waals surface area contributed by atoms with Crippen molar-refractivity contribution in [3.05, 3.63) is 41.5 Å². The summed E-state index contributed by atoms with van der Waals surface area (Å²) in [5.74, 6) is 0.867. The largest absolute Gasteiger partial charge is 0.0656 e. The van der Waals surface area contributed by atoms with Gasteiger partial charge in [0, 0.05) is 0 Å². The van der Waals surface area contributed by atoms with Crippen molar-refractivity contribution in [2.24, 2.45) is 11.3 Å². The van der Waals surface area contributed by atoms with Crippen LogP contribution in [0.3, 0.4) is 0 Å². The minimum Gasteiger partial charge on any atom is -0.0656 e. The molecule has 0 spiro atoms. The molecule has 0 saturated heterocycles. The molecule has 0 aromatic heterocycles. The SMILES string of the molecule is CC1CCC(=C(c2ccccc2)C(C)(C)C)C1. The first-order chi connectivity index (χ1) is 7.98. The predicted molar refractivity (Wildman–Crippen MR) is 75.8 cm³/mol. The van der Waals surface area contributed by atoms with Gasteiger partial charge in [0.1, 0.15) is 0 Å². The van der Waals surface area contributed by atoms with Crippen molar-refractivity contribution in [2.75, 3.05) is 0 Å². The van der Waals surface area contributed by atoms with Gasteiger partial charge in [-0.3, -0.25) is 0 Å². The normalized spacial score (nSPS) is 23.9. The van der Waals surface area contributed by atoms with Crippen LogP contribution in [0.2, 0.25) is 0 Å². The van der Waals surface area contributed by atoms with Gasteiger partial charge >= 0.3 is 0 Å². The fourth-order valence-electron chi connectivity index (χ4n) is 3.04. The molecule has 92 valence electrons. The molecular weight excluding hydrogens is 204 g/mol. The molecule has 17 heavy (non-hydrogen) atoms. The van der Waals surface area contributed by atoms with Crippen LogP contribution >= 0.6 is 0 Å². The summed E-state index contributed by atoms with van der Waals surface area (Å²) in [5, 5.41) is 0. The van der Waals surface area contributed by atoms with Crippen LogP contribution in [0.5, 0.6) is 0 Å². The smallest absolute Gasteiger partial charge is 0.0126 e. The average Bonchev–Trinajstić information content (AvgIpc) is 2.64. The van der Waals surface area contributed by atoms with E-state index in [0.717, 1.165) is 5.92 Å². The van der Waals surface area contributed by atoms with Crippen LogP contribution in [0.1, 0.15) is 52.5 Å². The Morgan fingerprint density at radius 2 is 1.76 bits per heavy atom. The second kappa shape index (κ2) is 4.68. The second-order valence-electron chi connectivity index (χ2n) is 6.44. The maximum absolute atomic E-state index is 2.37. The molecule has 0 aliphatic heterocycles. The molecule has 1 aliphatic carbocycles. The summed E-state index contributed by atoms with van der Waals surface area (Å²) >= 11 is 0. The van der Waals surface area contributed by atoms with E-state index in [2.05, 4.69) is 58.0 Å². The molecular formula is C17H24. The molecule has 1 aliphatic rings. The van der Waals surface area contributed by atoms with Crippen molar-refractivity contribution >= 4 is 5.57 Å². The number of allylic oxidation sites excluding steroid dienone is 2. The first-order valence-corrected chi connectivity index (χ1v) is 6.76. The summed E-state index contributed by atoms with van der Waals surface area (Å²) in [4.78, 5) is 0. The standard InChI is InChI=1S/C17H24/c1-13-10-11-15(12-13)16(17(2,3)4)14-8-6-5-7-9-14/h5-9,13H,10-12H2,1-4H3. The summed E-state index contributed by atoms with van der Waals surface area (Å²) in [5.41, 5.74) is 4.95. The van der Waals surface area contributed by atoms with Crippen LogP contribution in [0.15, 0.2) is 35.9 Å².